The maximum absolute atomic E-state index is 12.1. The van der Waals surface area contributed by atoms with Crippen molar-refractivity contribution in [2.24, 2.45) is 0 Å². The molecule has 0 unspecified atom stereocenters. The van der Waals surface area contributed by atoms with E-state index >= 15 is 0 Å². The Balaban J connectivity index is 1.96. The van der Waals surface area contributed by atoms with Crippen molar-refractivity contribution in [3.05, 3.63) is 29.8 Å². The number of ether oxygens (including phenoxy) is 2. The van der Waals surface area contributed by atoms with E-state index in [1.54, 1.807) is 0 Å². The molecule has 0 amide bonds. The molecular weight excluding hydrogens is 384 g/mol. The summed E-state index contributed by atoms with van der Waals surface area (Å²) in [5.74, 6) is -2.47. The van der Waals surface area contributed by atoms with E-state index in [2.05, 4.69) is 0 Å². The van der Waals surface area contributed by atoms with Gasteiger partial charge in [-0.2, -0.15) is 0 Å². The second-order valence-electron chi connectivity index (χ2n) is 7.05. The fraction of sp³-hybridized carbons (Fsp3) is 0.500. The highest BCUT2D eigenvalue weighted by atomic mass is 16.6. The van der Waals surface area contributed by atoms with Crippen molar-refractivity contribution in [2.75, 3.05) is 6.61 Å². The van der Waals surface area contributed by atoms with Crippen LogP contribution in [-0.2, 0) is 19.1 Å². The summed E-state index contributed by atoms with van der Waals surface area (Å²) in [4.78, 5) is 24.1. The van der Waals surface area contributed by atoms with Crippen LogP contribution in [0.5, 0.6) is 11.5 Å². The minimum Gasteiger partial charge on any atom is -0.504 e. The van der Waals surface area contributed by atoms with Gasteiger partial charge in [0.1, 0.15) is 0 Å². The summed E-state index contributed by atoms with van der Waals surface area (Å²) >= 11 is 0. The molecule has 0 saturated heterocycles. The third-order valence-corrected chi connectivity index (χ3v) is 4.63. The van der Waals surface area contributed by atoms with Crippen LogP contribution in [0.4, 0.5) is 0 Å². The van der Waals surface area contributed by atoms with E-state index in [1.165, 1.54) is 24.3 Å². The lowest BCUT2D eigenvalue weighted by atomic mass is 9.79. The van der Waals surface area contributed by atoms with Gasteiger partial charge in [-0.1, -0.05) is 19.4 Å². The highest BCUT2D eigenvalue weighted by Gasteiger charge is 2.51. The molecule has 2 atom stereocenters. The Labute approximate surface area is 167 Å². The minimum atomic E-state index is -2.06. The zero-order valence-electron chi connectivity index (χ0n) is 16.0. The first-order valence-electron chi connectivity index (χ1n) is 9.32. The van der Waals surface area contributed by atoms with E-state index in [4.69, 9.17) is 9.47 Å². The lowest BCUT2D eigenvalue weighted by Gasteiger charge is -2.39. The number of esters is 2. The number of rotatable bonds is 7. The van der Waals surface area contributed by atoms with Gasteiger partial charge in [0.05, 0.1) is 18.8 Å². The van der Waals surface area contributed by atoms with Crippen molar-refractivity contribution in [1.82, 2.24) is 0 Å². The van der Waals surface area contributed by atoms with Gasteiger partial charge in [0.2, 0.25) is 0 Å². The average Bonchev–Trinajstić information content (AvgIpc) is 2.65. The smallest absolute Gasteiger partial charge is 0.338 e. The van der Waals surface area contributed by atoms with Crippen LogP contribution >= 0.6 is 0 Å². The van der Waals surface area contributed by atoms with Gasteiger partial charge in [-0.05, 0) is 30.2 Å². The molecule has 9 heteroatoms. The van der Waals surface area contributed by atoms with Gasteiger partial charge in [-0.25, -0.2) is 9.59 Å². The number of unbranched alkanes of at least 4 members (excludes halogenated alkanes) is 1. The highest BCUT2D eigenvalue weighted by Crippen LogP contribution is 2.32. The molecule has 160 valence electrons. The fourth-order valence-electron chi connectivity index (χ4n) is 3.01. The molecule has 29 heavy (non-hydrogen) atoms. The molecule has 0 aromatic heterocycles. The zero-order valence-corrected chi connectivity index (χ0v) is 16.0. The SMILES string of the molecule is CCCCOC(=O)C1(O)C[C@@H](O)C(OC(=O)/C=C/c2ccc(O)c(O)c2)[C@H](O)C1. The van der Waals surface area contributed by atoms with Gasteiger partial charge in [0.25, 0.3) is 0 Å². The summed E-state index contributed by atoms with van der Waals surface area (Å²) in [6.45, 7) is 2.04. The molecule has 0 heterocycles. The van der Waals surface area contributed by atoms with Gasteiger partial charge < -0.3 is 35.0 Å². The predicted molar refractivity (Wildman–Crippen MR) is 101 cm³/mol. The third kappa shape index (κ3) is 5.93. The first kappa shape index (κ1) is 22.7. The molecular formula is C20H26O9. The Morgan fingerprint density at radius 1 is 1.17 bits per heavy atom. The number of phenols is 2. The van der Waals surface area contributed by atoms with Gasteiger partial charge in [0, 0.05) is 18.9 Å². The number of aromatic hydroxyl groups is 2. The first-order chi connectivity index (χ1) is 13.7. The summed E-state index contributed by atoms with van der Waals surface area (Å²) in [7, 11) is 0. The van der Waals surface area contributed by atoms with Crippen LogP contribution in [0.3, 0.4) is 0 Å². The number of carbonyl (C=O) groups excluding carboxylic acids is 2. The summed E-state index contributed by atoms with van der Waals surface area (Å²) in [6.07, 6.45) is -1.41. The zero-order chi connectivity index (χ0) is 21.6. The largest absolute Gasteiger partial charge is 0.504 e. The molecule has 1 fully saturated rings. The summed E-state index contributed by atoms with van der Waals surface area (Å²) in [6, 6.07) is 3.93. The van der Waals surface area contributed by atoms with Gasteiger partial charge in [-0.3, -0.25) is 0 Å². The van der Waals surface area contributed by atoms with E-state index in [-0.39, 0.29) is 18.1 Å². The minimum absolute atomic E-state index is 0.125. The Kier molecular flexibility index (Phi) is 7.60. The number of carbonyl (C=O) groups is 2. The van der Waals surface area contributed by atoms with Crippen molar-refractivity contribution < 1.29 is 44.6 Å². The number of aliphatic hydroxyl groups excluding tert-OH is 2. The first-order valence-corrected chi connectivity index (χ1v) is 9.32. The Morgan fingerprint density at radius 3 is 2.41 bits per heavy atom. The van der Waals surface area contributed by atoms with E-state index in [0.717, 1.165) is 12.5 Å². The molecule has 1 aromatic carbocycles. The average molecular weight is 410 g/mol. The molecule has 0 aliphatic heterocycles. The van der Waals surface area contributed by atoms with Crippen LogP contribution in [0.1, 0.15) is 38.2 Å². The maximum Gasteiger partial charge on any atom is 0.338 e. The topological polar surface area (TPSA) is 154 Å². The van der Waals surface area contributed by atoms with Crippen LogP contribution in [0.15, 0.2) is 24.3 Å². The Bertz CT molecular complexity index is 746. The Morgan fingerprint density at radius 2 is 1.83 bits per heavy atom. The monoisotopic (exact) mass is 410 g/mol. The standard InChI is InChI=1S/C20H26O9/c1-2-3-8-28-19(26)20(27)10-15(23)18(16(24)11-20)29-17(25)7-5-12-4-6-13(21)14(22)9-12/h4-7,9,15-16,18,21-24,27H,2-3,8,10-11H2,1H3/b7-5+/t15-,16-,18?,20?/m1/s1. The number of hydrogen-bond donors (Lipinski definition) is 5. The van der Waals surface area contributed by atoms with Crippen LogP contribution in [0.25, 0.3) is 6.08 Å². The molecule has 1 aliphatic rings. The molecule has 1 saturated carbocycles. The lowest BCUT2D eigenvalue weighted by Crippen LogP contribution is -2.57. The van der Waals surface area contributed by atoms with Gasteiger partial charge in [0.15, 0.2) is 23.2 Å². The summed E-state index contributed by atoms with van der Waals surface area (Å²) in [5, 5.41) is 49.5. The summed E-state index contributed by atoms with van der Waals surface area (Å²) in [5.41, 5.74) is -1.65. The van der Waals surface area contributed by atoms with Crippen LogP contribution in [0.2, 0.25) is 0 Å². The number of aliphatic hydroxyl groups is 3. The molecule has 0 bridgehead atoms. The highest BCUT2D eigenvalue weighted by molar-refractivity contribution is 5.87. The van der Waals surface area contributed by atoms with Crippen LogP contribution in [-0.4, -0.2) is 68.0 Å². The van der Waals surface area contributed by atoms with Gasteiger partial charge >= 0.3 is 11.9 Å². The van der Waals surface area contributed by atoms with Crippen molar-refractivity contribution in [3.63, 3.8) is 0 Å². The molecule has 5 N–H and O–H groups in total. The van der Waals surface area contributed by atoms with E-state index in [1.807, 2.05) is 6.92 Å². The lowest BCUT2D eigenvalue weighted by molar-refractivity contribution is -0.200. The quantitative estimate of drug-likeness (QED) is 0.188. The van der Waals surface area contributed by atoms with Gasteiger partial charge in [-0.15, -0.1) is 0 Å². The molecule has 1 aromatic rings. The normalized spacial score (nSPS) is 27.0. The van der Waals surface area contributed by atoms with Crippen molar-refractivity contribution >= 4 is 18.0 Å². The van der Waals surface area contributed by atoms with Crippen LogP contribution in [0, 0.1) is 0 Å². The Hall–Kier alpha value is -2.62. The van der Waals surface area contributed by atoms with E-state index in [9.17, 15) is 35.1 Å². The van der Waals surface area contributed by atoms with Crippen LogP contribution < -0.4 is 0 Å². The third-order valence-electron chi connectivity index (χ3n) is 4.63. The molecule has 0 spiro atoms. The second kappa shape index (κ2) is 9.73. The summed E-state index contributed by atoms with van der Waals surface area (Å²) < 4.78 is 10.0. The molecule has 9 nitrogen and oxygen atoms in total. The molecule has 2 rings (SSSR count). The van der Waals surface area contributed by atoms with E-state index in [0.29, 0.717) is 12.0 Å². The maximum atomic E-state index is 12.1. The van der Waals surface area contributed by atoms with Crippen molar-refractivity contribution in [1.29, 1.82) is 0 Å². The predicted octanol–water partition coefficient (Wildman–Crippen LogP) is 0.613. The number of hydrogen-bond acceptors (Lipinski definition) is 9. The van der Waals surface area contributed by atoms with Crippen molar-refractivity contribution in [3.8, 4) is 11.5 Å². The molecule has 1 aliphatic carbocycles. The number of phenolic OH excluding ortho intramolecular Hbond substituents is 2. The fourth-order valence-corrected chi connectivity index (χ4v) is 3.01. The van der Waals surface area contributed by atoms with E-state index < -0.39 is 48.7 Å². The second-order valence-corrected chi connectivity index (χ2v) is 7.05. The van der Waals surface area contributed by atoms with Crippen molar-refractivity contribution in [2.45, 2.75) is 56.5 Å². The number of benzene rings is 1. The molecule has 0 radical (unpaired) electrons.